The summed E-state index contributed by atoms with van der Waals surface area (Å²) in [7, 11) is 0. The molecule has 10 heavy (non-hydrogen) atoms. The standard InChI is InChI=1S/C7H7NO2/c1-2-5-3-4-10-6(5)7(8)9/h2-4H,1H2,(H2,8,9). The molecule has 0 aromatic carbocycles. The molecular weight excluding hydrogens is 130 g/mol. The van der Waals surface area contributed by atoms with E-state index in [1.54, 1.807) is 6.07 Å². The first-order valence-corrected chi connectivity index (χ1v) is 2.75. The topological polar surface area (TPSA) is 56.2 Å². The summed E-state index contributed by atoms with van der Waals surface area (Å²) in [4.78, 5) is 10.5. The van der Waals surface area contributed by atoms with E-state index in [1.807, 2.05) is 0 Å². The minimum atomic E-state index is -0.570. The molecule has 0 atom stereocenters. The Morgan fingerprint density at radius 2 is 2.50 bits per heavy atom. The fourth-order valence-electron chi connectivity index (χ4n) is 0.680. The van der Waals surface area contributed by atoms with Gasteiger partial charge in [-0.2, -0.15) is 0 Å². The van der Waals surface area contributed by atoms with Gasteiger partial charge in [-0.15, -0.1) is 0 Å². The second kappa shape index (κ2) is 2.39. The van der Waals surface area contributed by atoms with Crippen LogP contribution >= 0.6 is 0 Å². The third-order valence-electron chi connectivity index (χ3n) is 1.14. The molecule has 1 amide bonds. The molecule has 3 nitrogen and oxygen atoms in total. The van der Waals surface area contributed by atoms with Gasteiger partial charge in [0, 0.05) is 5.56 Å². The molecule has 0 unspecified atom stereocenters. The van der Waals surface area contributed by atoms with Gasteiger partial charge in [-0.05, 0) is 6.07 Å². The molecule has 1 aromatic rings. The van der Waals surface area contributed by atoms with Crippen molar-refractivity contribution in [3.05, 3.63) is 30.2 Å². The first-order valence-electron chi connectivity index (χ1n) is 2.75. The Labute approximate surface area is 58.1 Å². The Morgan fingerprint density at radius 3 is 2.90 bits per heavy atom. The second-order valence-corrected chi connectivity index (χ2v) is 1.77. The molecule has 3 heteroatoms. The number of carbonyl (C=O) groups excluding carboxylic acids is 1. The number of nitrogens with two attached hydrogens (primary N) is 1. The van der Waals surface area contributed by atoms with Crippen LogP contribution in [-0.2, 0) is 0 Å². The van der Waals surface area contributed by atoms with Crippen molar-refractivity contribution in [3.8, 4) is 0 Å². The molecule has 0 aliphatic heterocycles. The normalized spacial score (nSPS) is 9.20. The average Bonchev–Trinajstić information content (AvgIpc) is 2.33. The van der Waals surface area contributed by atoms with Crippen molar-refractivity contribution in [2.75, 3.05) is 0 Å². The Balaban J connectivity index is 3.13. The van der Waals surface area contributed by atoms with E-state index in [1.165, 1.54) is 12.3 Å². The molecule has 0 spiro atoms. The third kappa shape index (κ3) is 0.932. The summed E-state index contributed by atoms with van der Waals surface area (Å²) >= 11 is 0. The lowest BCUT2D eigenvalue weighted by atomic mass is 10.2. The zero-order valence-electron chi connectivity index (χ0n) is 5.33. The van der Waals surface area contributed by atoms with Crippen LogP contribution in [0.3, 0.4) is 0 Å². The highest BCUT2D eigenvalue weighted by molar-refractivity contribution is 5.93. The van der Waals surface area contributed by atoms with Gasteiger partial charge in [-0.1, -0.05) is 12.7 Å². The Morgan fingerprint density at radius 1 is 1.80 bits per heavy atom. The number of hydrogen-bond acceptors (Lipinski definition) is 2. The van der Waals surface area contributed by atoms with Gasteiger partial charge < -0.3 is 10.2 Å². The van der Waals surface area contributed by atoms with E-state index in [-0.39, 0.29) is 5.76 Å². The maximum atomic E-state index is 10.5. The van der Waals surface area contributed by atoms with Gasteiger partial charge in [0.15, 0.2) is 5.76 Å². The Kier molecular flexibility index (Phi) is 1.58. The minimum Gasteiger partial charge on any atom is -0.459 e. The van der Waals surface area contributed by atoms with Crippen molar-refractivity contribution in [2.45, 2.75) is 0 Å². The van der Waals surface area contributed by atoms with Crippen molar-refractivity contribution < 1.29 is 9.21 Å². The monoisotopic (exact) mass is 137 g/mol. The second-order valence-electron chi connectivity index (χ2n) is 1.77. The highest BCUT2D eigenvalue weighted by Gasteiger charge is 2.07. The van der Waals surface area contributed by atoms with Crippen molar-refractivity contribution in [1.29, 1.82) is 0 Å². The highest BCUT2D eigenvalue weighted by Crippen LogP contribution is 2.09. The maximum absolute atomic E-state index is 10.5. The maximum Gasteiger partial charge on any atom is 0.285 e. The van der Waals surface area contributed by atoms with E-state index in [4.69, 9.17) is 10.2 Å². The average molecular weight is 137 g/mol. The van der Waals surface area contributed by atoms with Crippen molar-refractivity contribution in [2.24, 2.45) is 5.73 Å². The summed E-state index contributed by atoms with van der Waals surface area (Å²) < 4.78 is 4.77. The first kappa shape index (κ1) is 6.61. The zero-order valence-corrected chi connectivity index (χ0v) is 5.33. The molecule has 0 aliphatic carbocycles. The summed E-state index contributed by atoms with van der Waals surface area (Å²) in [6, 6.07) is 1.63. The predicted octanol–water partition coefficient (Wildman–Crippen LogP) is 1.02. The molecule has 0 aliphatic rings. The smallest absolute Gasteiger partial charge is 0.285 e. The quantitative estimate of drug-likeness (QED) is 0.661. The van der Waals surface area contributed by atoms with Gasteiger partial charge in [0.1, 0.15) is 0 Å². The third-order valence-corrected chi connectivity index (χ3v) is 1.14. The van der Waals surface area contributed by atoms with Gasteiger partial charge in [-0.3, -0.25) is 4.79 Å². The van der Waals surface area contributed by atoms with Crippen LogP contribution in [0.25, 0.3) is 6.08 Å². The number of rotatable bonds is 2. The van der Waals surface area contributed by atoms with E-state index >= 15 is 0 Å². The fraction of sp³-hybridized carbons (Fsp3) is 0. The summed E-state index contributed by atoms with van der Waals surface area (Å²) in [5.41, 5.74) is 5.59. The lowest BCUT2D eigenvalue weighted by Gasteiger charge is -1.88. The summed E-state index contributed by atoms with van der Waals surface area (Å²) in [6.45, 7) is 3.48. The van der Waals surface area contributed by atoms with Crippen LogP contribution in [0, 0.1) is 0 Å². The summed E-state index contributed by atoms with van der Waals surface area (Å²) in [6.07, 6.45) is 2.92. The van der Waals surface area contributed by atoms with Gasteiger partial charge in [0.25, 0.3) is 5.91 Å². The lowest BCUT2D eigenvalue weighted by Crippen LogP contribution is -2.10. The van der Waals surface area contributed by atoms with Crippen LogP contribution in [-0.4, -0.2) is 5.91 Å². The van der Waals surface area contributed by atoms with E-state index in [0.29, 0.717) is 5.56 Å². The number of amides is 1. The molecule has 0 saturated heterocycles. The lowest BCUT2D eigenvalue weighted by molar-refractivity contribution is 0.0973. The van der Waals surface area contributed by atoms with Crippen molar-refractivity contribution >= 4 is 12.0 Å². The van der Waals surface area contributed by atoms with Gasteiger partial charge >= 0.3 is 0 Å². The predicted molar refractivity (Wildman–Crippen MR) is 37.3 cm³/mol. The van der Waals surface area contributed by atoms with E-state index in [9.17, 15) is 4.79 Å². The number of carbonyl (C=O) groups is 1. The minimum absolute atomic E-state index is 0.162. The highest BCUT2D eigenvalue weighted by atomic mass is 16.3. The van der Waals surface area contributed by atoms with E-state index < -0.39 is 5.91 Å². The first-order chi connectivity index (χ1) is 4.75. The molecular formula is C7H7NO2. The van der Waals surface area contributed by atoms with Crippen LogP contribution < -0.4 is 5.73 Å². The molecule has 52 valence electrons. The summed E-state index contributed by atoms with van der Waals surface area (Å²) in [5, 5.41) is 0. The van der Waals surface area contributed by atoms with Crippen molar-refractivity contribution in [1.82, 2.24) is 0 Å². The SMILES string of the molecule is C=Cc1ccoc1C(N)=O. The van der Waals surface area contributed by atoms with Crippen molar-refractivity contribution in [3.63, 3.8) is 0 Å². The zero-order chi connectivity index (χ0) is 7.56. The van der Waals surface area contributed by atoms with Crippen LogP contribution in [0.15, 0.2) is 23.3 Å². The number of primary amides is 1. The van der Waals surface area contributed by atoms with E-state index in [0.717, 1.165) is 0 Å². The summed E-state index contributed by atoms with van der Waals surface area (Å²) in [5.74, 6) is -0.407. The Hall–Kier alpha value is -1.51. The number of furan rings is 1. The van der Waals surface area contributed by atoms with Gasteiger partial charge in [0.2, 0.25) is 0 Å². The molecule has 2 N–H and O–H groups in total. The molecule has 0 saturated carbocycles. The van der Waals surface area contributed by atoms with E-state index in [2.05, 4.69) is 6.58 Å². The fourth-order valence-corrected chi connectivity index (χ4v) is 0.680. The van der Waals surface area contributed by atoms with Crippen LogP contribution in [0.4, 0.5) is 0 Å². The van der Waals surface area contributed by atoms with Crippen LogP contribution in [0.1, 0.15) is 16.1 Å². The molecule has 0 bridgehead atoms. The largest absolute Gasteiger partial charge is 0.459 e. The molecule has 1 heterocycles. The Bertz CT molecular complexity index is 262. The molecule has 1 aromatic heterocycles. The molecule has 0 fully saturated rings. The van der Waals surface area contributed by atoms with Crippen LogP contribution in [0.2, 0.25) is 0 Å². The molecule has 0 radical (unpaired) electrons. The number of hydrogen-bond donors (Lipinski definition) is 1. The molecule has 1 rings (SSSR count). The van der Waals surface area contributed by atoms with Gasteiger partial charge in [-0.25, -0.2) is 0 Å². The van der Waals surface area contributed by atoms with Crippen LogP contribution in [0.5, 0.6) is 0 Å². The van der Waals surface area contributed by atoms with Gasteiger partial charge in [0.05, 0.1) is 6.26 Å².